The Bertz CT molecular complexity index is 1140. The van der Waals surface area contributed by atoms with E-state index in [9.17, 15) is 18.8 Å². The van der Waals surface area contributed by atoms with E-state index in [1.165, 1.54) is 56.7 Å². The number of rotatable bonds is 6. The van der Waals surface area contributed by atoms with E-state index in [1.54, 1.807) is 24.3 Å². The van der Waals surface area contributed by atoms with Crippen molar-refractivity contribution < 1.29 is 33.0 Å². The molecular weight excluding hydrogens is 405 g/mol. The van der Waals surface area contributed by atoms with Crippen LogP contribution >= 0.6 is 0 Å². The largest absolute Gasteiger partial charge is 0.465 e. The van der Waals surface area contributed by atoms with Gasteiger partial charge >= 0.3 is 11.9 Å². The summed E-state index contributed by atoms with van der Waals surface area (Å²) < 4.78 is 28.9. The van der Waals surface area contributed by atoms with Gasteiger partial charge in [-0.1, -0.05) is 18.2 Å². The average molecular weight is 423 g/mol. The number of methoxy groups -OCH3 is 2. The van der Waals surface area contributed by atoms with Crippen molar-refractivity contribution in [2.45, 2.75) is 0 Å². The van der Waals surface area contributed by atoms with E-state index in [4.69, 9.17) is 9.47 Å². The van der Waals surface area contributed by atoms with E-state index < -0.39 is 23.7 Å². The summed E-state index contributed by atoms with van der Waals surface area (Å²) in [7, 11) is 2.40. The van der Waals surface area contributed by atoms with Gasteiger partial charge in [0.15, 0.2) is 0 Å². The first-order chi connectivity index (χ1) is 14.9. The van der Waals surface area contributed by atoms with Gasteiger partial charge in [0.1, 0.15) is 17.3 Å². The van der Waals surface area contributed by atoms with Crippen LogP contribution in [0, 0.1) is 5.82 Å². The molecule has 0 radical (unpaired) electrons. The van der Waals surface area contributed by atoms with E-state index in [1.807, 2.05) is 0 Å². The smallest absolute Gasteiger partial charge is 0.338 e. The molecule has 0 spiro atoms. The molecule has 0 atom stereocenters. The standard InChI is InChI=1S/C23H18FNO6/c1-29-22(27)17-11-10-16(13-19(17)23(28)30-2)31-15-7-5-6-14(12-15)25-21(26)18-8-3-4-9-20(18)24/h3-13H,1-2H3,(H,25,26). The Hall–Kier alpha value is -4.20. The highest BCUT2D eigenvalue weighted by Gasteiger charge is 2.19. The quantitative estimate of drug-likeness (QED) is 0.590. The van der Waals surface area contributed by atoms with Crippen LogP contribution in [0.3, 0.4) is 0 Å². The summed E-state index contributed by atoms with van der Waals surface area (Å²) in [5.41, 5.74) is 0.309. The predicted octanol–water partition coefficient (Wildman–Crippen LogP) is 4.44. The summed E-state index contributed by atoms with van der Waals surface area (Å²) in [6.45, 7) is 0. The fourth-order valence-corrected chi connectivity index (χ4v) is 2.77. The van der Waals surface area contributed by atoms with Crippen molar-refractivity contribution >= 4 is 23.5 Å². The van der Waals surface area contributed by atoms with Crippen LogP contribution in [-0.4, -0.2) is 32.1 Å². The fourth-order valence-electron chi connectivity index (χ4n) is 2.77. The highest BCUT2D eigenvalue weighted by Crippen LogP contribution is 2.27. The lowest BCUT2D eigenvalue weighted by Crippen LogP contribution is -2.13. The minimum Gasteiger partial charge on any atom is -0.465 e. The Morgan fingerprint density at radius 1 is 0.742 bits per heavy atom. The number of esters is 2. The number of benzene rings is 3. The van der Waals surface area contributed by atoms with Crippen molar-refractivity contribution in [1.82, 2.24) is 0 Å². The maximum Gasteiger partial charge on any atom is 0.338 e. The molecule has 0 bridgehead atoms. The van der Waals surface area contributed by atoms with E-state index in [0.29, 0.717) is 11.4 Å². The second-order valence-electron chi connectivity index (χ2n) is 6.25. The minimum absolute atomic E-state index is 0.0177. The number of nitrogens with one attached hydrogen (secondary N) is 1. The number of halogens is 1. The van der Waals surface area contributed by atoms with Gasteiger partial charge in [0, 0.05) is 11.8 Å². The Morgan fingerprint density at radius 3 is 2.13 bits per heavy atom. The molecule has 1 N–H and O–H groups in total. The molecule has 8 heteroatoms. The zero-order chi connectivity index (χ0) is 22.4. The molecule has 0 saturated carbocycles. The minimum atomic E-state index is -0.725. The Balaban J connectivity index is 1.82. The van der Waals surface area contributed by atoms with Crippen LogP contribution in [0.25, 0.3) is 0 Å². The predicted molar refractivity (Wildman–Crippen MR) is 110 cm³/mol. The summed E-state index contributed by atoms with van der Waals surface area (Å²) in [6.07, 6.45) is 0. The number of ether oxygens (including phenoxy) is 3. The van der Waals surface area contributed by atoms with Crippen LogP contribution in [0.2, 0.25) is 0 Å². The molecule has 0 aliphatic heterocycles. The second kappa shape index (κ2) is 9.53. The third-order valence-corrected chi connectivity index (χ3v) is 4.25. The SMILES string of the molecule is COC(=O)c1ccc(Oc2cccc(NC(=O)c3ccccc3F)c2)cc1C(=O)OC. The molecule has 3 rings (SSSR count). The first-order valence-corrected chi connectivity index (χ1v) is 9.07. The lowest BCUT2D eigenvalue weighted by Gasteiger charge is -2.12. The lowest BCUT2D eigenvalue weighted by molar-refractivity contribution is 0.0555. The highest BCUT2D eigenvalue weighted by molar-refractivity contribution is 6.04. The second-order valence-corrected chi connectivity index (χ2v) is 6.25. The lowest BCUT2D eigenvalue weighted by atomic mass is 10.1. The van der Waals surface area contributed by atoms with Crippen molar-refractivity contribution in [3.05, 3.63) is 89.2 Å². The highest BCUT2D eigenvalue weighted by atomic mass is 19.1. The normalized spacial score (nSPS) is 10.2. The van der Waals surface area contributed by atoms with Crippen LogP contribution < -0.4 is 10.1 Å². The summed E-state index contributed by atoms with van der Waals surface area (Å²) >= 11 is 0. The molecule has 0 aliphatic carbocycles. The van der Waals surface area contributed by atoms with Crippen LogP contribution in [0.1, 0.15) is 31.1 Å². The van der Waals surface area contributed by atoms with E-state index in [2.05, 4.69) is 10.1 Å². The average Bonchev–Trinajstić information content (AvgIpc) is 2.78. The molecule has 0 unspecified atom stereocenters. The molecular formula is C23H18FNO6. The molecule has 7 nitrogen and oxygen atoms in total. The third kappa shape index (κ3) is 5.05. The van der Waals surface area contributed by atoms with Crippen molar-refractivity contribution in [3.8, 4) is 11.5 Å². The summed E-state index contributed by atoms with van der Waals surface area (Å²) in [6, 6.07) is 16.3. The molecule has 1 amide bonds. The van der Waals surface area contributed by atoms with Gasteiger partial charge in [-0.2, -0.15) is 0 Å². The Morgan fingerprint density at radius 2 is 1.42 bits per heavy atom. The molecule has 3 aromatic carbocycles. The molecule has 158 valence electrons. The van der Waals surface area contributed by atoms with Gasteiger partial charge in [-0.15, -0.1) is 0 Å². The maximum absolute atomic E-state index is 13.8. The molecule has 0 aliphatic rings. The number of hydrogen-bond donors (Lipinski definition) is 1. The van der Waals surface area contributed by atoms with Crippen LogP contribution in [0.15, 0.2) is 66.7 Å². The van der Waals surface area contributed by atoms with Crippen molar-refractivity contribution in [1.29, 1.82) is 0 Å². The number of carbonyl (C=O) groups is 3. The molecule has 31 heavy (non-hydrogen) atoms. The van der Waals surface area contributed by atoms with Crippen LogP contribution in [0.5, 0.6) is 11.5 Å². The van der Waals surface area contributed by atoms with Crippen molar-refractivity contribution in [2.75, 3.05) is 19.5 Å². The Kier molecular flexibility index (Phi) is 6.61. The van der Waals surface area contributed by atoms with Gasteiger partial charge in [-0.3, -0.25) is 4.79 Å². The Labute approximate surface area is 177 Å². The molecule has 3 aromatic rings. The molecule has 0 aromatic heterocycles. The van der Waals surface area contributed by atoms with Gasteiger partial charge in [-0.25, -0.2) is 14.0 Å². The van der Waals surface area contributed by atoms with E-state index in [0.717, 1.165) is 0 Å². The maximum atomic E-state index is 13.8. The zero-order valence-electron chi connectivity index (χ0n) is 16.7. The zero-order valence-corrected chi connectivity index (χ0v) is 16.7. The molecule has 0 heterocycles. The van der Waals surface area contributed by atoms with Gasteiger partial charge in [0.05, 0.1) is 30.9 Å². The number of anilines is 1. The van der Waals surface area contributed by atoms with Crippen molar-refractivity contribution in [3.63, 3.8) is 0 Å². The van der Waals surface area contributed by atoms with Crippen LogP contribution in [0.4, 0.5) is 10.1 Å². The van der Waals surface area contributed by atoms with Gasteiger partial charge in [0.25, 0.3) is 5.91 Å². The first kappa shape index (κ1) is 21.5. The first-order valence-electron chi connectivity index (χ1n) is 9.07. The van der Waals surface area contributed by atoms with Crippen molar-refractivity contribution in [2.24, 2.45) is 0 Å². The van der Waals surface area contributed by atoms with E-state index >= 15 is 0 Å². The molecule has 0 saturated heterocycles. The summed E-state index contributed by atoms with van der Waals surface area (Å²) in [5, 5.41) is 2.60. The van der Waals surface area contributed by atoms with E-state index in [-0.39, 0.29) is 22.4 Å². The fraction of sp³-hybridized carbons (Fsp3) is 0.0870. The monoisotopic (exact) mass is 423 g/mol. The van der Waals surface area contributed by atoms with Gasteiger partial charge < -0.3 is 19.5 Å². The van der Waals surface area contributed by atoms with Gasteiger partial charge in [-0.05, 0) is 42.5 Å². The summed E-state index contributed by atoms with van der Waals surface area (Å²) in [4.78, 5) is 36.2. The summed E-state index contributed by atoms with van der Waals surface area (Å²) in [5.74, 6) is -2.06. The van der Waals surface area contributed by atoms with Gasteiger partial charge in [0.2, 0.25) is 0 Å². The third-order valence-electron chi connectivity index (χ3n) is 4.25. The number of carbonyl (C=O) groups excluding carboxylic acids is 3. The molecule has 0 fully saturated rings. The van der Waals surface area contributed by atoms with Crippen LogP contribution in [-0.2, 0) is 9.47 Å². The number of amides is 1. The number of hydrogen-bond acceptors (Lipinski definition) is 6. The topological polar surface area (TPSA) is 90.9 Å².